The number of aliphatic hydroxyl groups excluding tert-OH is 1. The molecular formula is C60H121NO4. The summed E-state index contributed by atoms with van der Waals surface area (Å²) in [4.78, 5) is 15.6. The van der Waals surface area contributed by atoms with Crippen molar-refractivity contribution in [3.63, 3.8) is 0 Å². The van der Waals surface area contributed by atoms with Gasteiger partial charge in [0, 0.05) is 19.8 Å². The minimum atomic E-state index is 0.0902. The van der Waals surface area contributed by atoms with E-state index < -0.39 is 0 Å². The van der Waals surface area contributed by atoms with E-state index in [1.54, 1.807) is 0 Å². The molecule has 0 heterocycles. The minimum absolute atomic E-state index is 0.0902. The maximum Gasteiger partial charge on any atom is 0.308 e. The average molecular weight is 921 g/mol. The summed E-state index contributed by atoms with van der Waals surface area (Å²) in [6.45, 7) is 15.7. The lowest BCUT2D eigenvalue weighted by Gasteiger charge is -2.22. The van der Waals surface area contributed by atoms with Gasteiger partial charge in [0.05, 0.1) is 12.5 Å². The van der Waals surface area contributed by atoms with Crippen molar-refractivity contribution in [1.82, 2.24) is 4.90 Å². The summed E-state index contributed by atoms with van der Waals surface area (Å²) in [7, 11) is 0. The van der Waals surface area contributed by atoms with Crippen molar-refractivity contribution in [2.45, 2.75) is 323 Å². The first-order valence-electron chi connectivity index (χ1n) is 30.2. The third kappa shape index (κ3) is 49.6. The molecule has 0 aliphatic carbocycles. The second-order valence-corrected chi connectivity index (χ2v) is 21.0. The Bertz CT molecular complexity index is 883. The van der Waals surface area contributed by atoms with Crippen LogP contribution >= 0.6 is 0 Å². The molecule has 1 N–H and O–H groups in total. The Morgan fingerprint density at radius 3 is 1.08 bits per heavy atom. The molecule has 0 saturated carbocycles. The fraction of sp³-hybridized carbons (Fsp3) is 0.983. The third-order valence-corrected chi connectivity index (χ3v) is 14.4. The Balaban J connectivity index is 3.91. The van der Waals surface area contributed by atoms with Gasteiger partial charge in [-0.05, 0) is 89.8 Å². The molecule has 2 atom stereocenters. The lowest BCUT2D eigenvalue weighted by Crippen LogP contribution is -2.27. The van der Waals surface area contributed by atoms with E-state index in [1.165, 1.54) is 276 Å². The van der Waals surface area contributed by atoms with Gasteiger partial charge in [0.15, 0.2) is 0 Å². The number of nitrogens with zero attached hydrogens (tertiary/aromatic N) is 1. The summed E-state index contributed by atoms with van der Waals surface area (Å²) in [5, 5.41) is 9.35. The molecule has 0 aromatic rings. The van der Waals surface area contributed by atoms with Crippen LogP contribution in [0.25, 0.3) is 0 Å². The summed E-state index contributed by atoms with van der Waals surface area (Å²) >= 11 is 0. The normalized spacial score (nSPS) is 12.7. The van der Waals surface area contributed by atoms with Gasteiger partial charge in [0.2, 0.25) is 0 Å². The Morgan fingerprint density at radius 1 is 0.369 bits per heavy atom. The predicted octanol–water partition coefficient (Wildman–Crippen LogP) is 19.1. The van der Waals surface area contributed by atoms with Crippen molar-refractivity contribution in [3.05, 3.63) is 0 Å². The van der Waals surface area contributed by atoms with E-state index in [0.717, 1.165) is 57.8 Å². The van der Waals surface area contributed by atoms with Crippen LogP contribution in [-0.4, -0.2) is 62.0 Å². The topological polar surface area (TPSA) is 59.0 Å². The molecule has 2 unspecified atom stereocenters. The van der Waals surface area contributed by atoms with Gasteiger partial charge in [-0.15, -0.1) is 0 Å². The number of ether oxygens (including phenoxy) is 2. The molecule has 0 radical (unpaired) electrons. The first-order chi connectivity index (χ1) is 32.1. The fourth-order valence-electron chi connectivity index (χ4n) is 9.88. The quantitative estimate of drug-likeness (QED) is 0.0487. The van der Waals surface area contributed by atoms with E-state index >= 15 is 0 Å². The highest BCUT2D eigenvalue weighted by Crippen LogP contribution is 2.22. The molecule has 390 valence electrons. The predicted molar refractivity (Wildman–Crippen MR) is 287 cm³/mol. The number of aliphatic hydroxyl groups is 1. The SMILES string of the molecule is CCCCCCCCC(CCCCCC)COCCCCCCCCCCCCN(CCCCO)CCCCCCCCCCCCOC(=O)C(CCCCCC)CCCCCCCC. The molecule has 0 aliphatic heterocycles. The summed E-state index contributed by atoms with van der Waals surface area (Å²) < 4.78 is 12.1. The highest BCUT2D eigenvalue weighted by molar-refractivity contribution is 5.72. The molecule has 0 bridgehead atoms. The molecule has 0 aromatic carbocycles. The molecule has 0 spiro atoms. The summed E-state index contributed by atoms with van der Waals surface area (Å²) in [5.74, 6) is 1.01. The molecule has 0 aliphatic rings. The van der Waals surface area contributed by atoms with E-state index in [0.29, 0.717) is 13.2 Å². The van der Waals surface area contributed by atoms with E-state index in [-0.39, 0.29) is 11.9 Å². The largest absolute Gasteiger partial charge is 0.465 e. The van der Waals surface area contributed by atoms with Crippen molar-refractivity contribution < 1.29 is 19.4 Å². The minimum Gasteiger partial charge on any atom is -0.465 e. The zero-order chi connectivity index (χ0) is 47.2. The van der Waals surface area contributed by atoms with Crippen LogP contribution in [-0.2, 0) is 14.3 Å². The molecule has 5 nitrogen and oxygen atoms in total. The number of hydrogen-bond acceptors (Lipinski definition) is 5. The molecular weight excluding hydrogens is 799 g/mol. The molecule has 65 heavy (non-hydrogen) atoms. The lowest BCUT2D eigenvalue weighted by molar-refractivity contribution is -0.149. The summed E-state index contributed by atoms with van der Waals surface area (Å²) in [5.41, 5.74) is 0. The van der Waals surface area contributed by atoms with Gasteiger partial charge in [0.25, 0.3) is 0 Å². The van der Waals surface area contributed by atoms with Gasteiger partial charge < -0.3 is 19.5 Å². The van der Waals surface area contributed by atoms with Crippen LogP contribution in [0.1, 0.15) is 323 Å². The van der Waals surface area contributed by atoms with Crippen molar-refractivity contribution >= 4 is 5.97 Å². The molecule has 5 heteroatoms. The van der Waals surface area contributed by atoms with Crippen LogP contribution < -0.4 is 0 Å². The van der Waals surface area contributed by atoms with Gasteiger partial charge in [-0.3, -0.25) is 4.79 Å². The van der Waals surface area contributed by atoms with Gasteiger partial charge in [0.1, 0.15) is 0 Å². The number of unbranched alkanes of at least 4 members (excludes halogenated alkanes) is 35. The second kappa shape index (κ2) is 55.9. The van der Waals surface area contributed by atoms with Crippen LogP contribution in [0.2, 0.25) is 0 Å². The Morgan fingerprint density at radius 2 is 0.677 bits per heavy atom. The van der Waals surface area contributed by atoms with Crippen molar-refractivity contribution in [1.29, 1.82) is 0 Å². The van der Waals surface area contributed by atoms with Crippen LogP contribution in [0, 0.1) is 11.8 Å². The fourth-order valence-corrected chi connectivity index (χ4v) is 9.88. The zero-order valence-corrected chi connectivity index (χ0v) is 45.3. The summed E-state index contributed by atoms with van der Waals surface area (Å²) in [6.07, 6.45) is 60.1. The van der Waals surface area contributed by atoms with Crippen LogP contribution in [0.5, 0.6) is 0 Å². The van der Waals surface area contributed by atoms with Gasteiger partial charge in [-0.25, -0.2) is 0 Å². The van der Waals surface area contributed by atoms with Crippen LogP contribution in [0.3, 0.4) is 0 Å². The number of esters is 1. The highest BCUT2D eigenvalue weighted by atomic mass is 16.5. The average Bonchev–Trinajstić information content (AvgIpc) is 3.31. The van der Waals surface area contributed by atoms with Crippen molar-refractivity contribution in [3.8, 4) is 0 Å². The molecule has 0 rings (SSSR count). The molecule has 0 amide bonds. The van der Waals surface area contributed by atoms with Crippen LogP contribution in [0.4, 0.5) is 0 Å². The Hall–Kier alpha value is -0.650. The van der Waals surface area contributed by atoms with Crippen molar-refractivity contribution in [2.75, 3.05) is 46.1 Å². The van der Waals surface area contributed by atoms with Crippen LogP contribution in [0.15, 0.2) is 0 Å². The Labute approximate surface area is 409 Å². The number of carbonyl (C=O) groups excluding carboxylic acids is 1. The highest BCUT2D eigenvalue weighted by Gasteiger charge is 2.19. The van der Waals surface area contributed by atoms with E-state index in [2.05, 4.69) is 32.6 Å². The van der Waals surface area contributed by atoms with E-state index in [4.69, 9.17) is 9.47 Å². The first kappa shape index (κ1) is 64.3. The van der Waals surface area contributed by atoms with E-state index in [9.17, 15) is 9.90 Å². The number of rotatable bonds is 57. The maximum absolute atomic E-state index is 12.9. The maximum atomic E-state index is 12.9. The van der Waals surface area contributed by atoms with Gasteiger partial charge in [-0.2, -0.15) is 0 Å². The second-order valence-electron chi connectivity index (χ2n) is 21.0. The third-order valence-electron chi connectivity index (χ3n) is 14.4. The smallest absolute Gasteiger partial charge is 0.308 e. The molecule has 0 fully saturated rings. The van der Waals surface area contributed by atoms with E-state index in [1.807, 2.05) is 0 Å². The van der Waals surface area contributed by atoms with Gasteiger partial charge >= 0.3 is 5.97 Å². The van der Waals surface area contributed by atoms with Gasteiger partial charge in [-0.1, -0.05) is 259 Å². The monoisotopic (exact) mass is 920 g/mol. The lowest BCUT2D eigenvalue weighted by atomic mass is 9.94. The Kier molecular flexibility index (Phi) is 55.4. The zero-order valence-electron chi connectivity index (χ0n) is 45.3. The standard InChI is InChI=1S/C60H121NO4/c1-5-9-13-17-31-38-48-58(47-37-15-11-7-3)57-64-55-45-35-29-25-21-19-23-27-33-41-51-61(53-43-44-54-62)52-42-34-28-24-20-22-26-30-36-46-56-65-60(63)59(49-39-16-12-8-4)50-40-32-18-14-10-6-2/h58-59,62H,5-57H2,1-4H3. The first-order valence-corrected chi connectivity index (χ1v) is 30.2. The number of hydrogen-bond donors (Lipinski definition) is 1. The molecule has 0 aromatic heterocycles. The van der Waals surface area contributed by atoms with Crippen molar-refractivity contribution in [2.24, 2.45) is 11.8 Å². The number of carbonyl (C=O) groups is 1. The summed E-state index contributed by atoms with van der Waals surface area (Å²) in [6, 6.07) is 0. The molecule has 0 saturated heterocycles.